The van der Waals surface area contributed by atoms with E-state index in [-0.39, 0.29) is 11.6 Å². The van der Waals surface area contributed by atoms with E-state index in [9.17, 15) is 0 Å². The number of aromatic nitrogens is 2. The van der Waals surface area contributed by atoms with Gasteiger partial charge in [0, 0.05) is 19.3 Å². The molecule has 1 aliphatic carbocycles. The highest BCUT2D eigenvalue weighted by Gasteiger charge is 2.22. The highest BCUT2D eigenvalue weighted by atomic mass is 16.5. The summed E-state index contributed by atoms with van der Waals surface area (Å²) in [5.41, 5.74) is 0.932. The molecular formula is C21H32N4O2. The molecule has 0 radical (unpaired) electrons. The van der Waals surface area contributed by atoms with Crippen LogP contribution in [0, 0.1) is 0 Å². The minimum atomic E-state index is -0.0876. The van der Waals surface area contributed by atoms with E-state index in [1.165, 1.54) is 0 Å². The molecule has 1 aromatic rings. The Morgan fingerprint density at radius 3 is 2.89 bits per heavy atom. The summed E-state index contributed by atoms with van der Waals surface area (Å²) in [5, 5.41) is 11.0. The minimum Gasteiger partial charge on any atom is -0.499 e. The van der Waals surface area contributed by atoms with E-state index in [1.807, 2.05) is 54.0 Å². The Hall–Kier alpha value is -2.50. The highest BCUT2D eigenvalue weighted by Crippen LogP contribution is 2.22. The van der Waals surface area contributed by atoms with Crippen molar-refractivity contribution in [3.05, 3.63) is 54.2 Å². The van der Waals surface area contributed by atoms with Gasteiger partial charge >= 0.3 is 0 Å². The van der Waals surface area contributed by atoms with Gasteiger partial charge in [-0.3, -0.25) is 9.69 Å². The number of nitrogens with zero attached hydrogens (tertiary/aromatic N) is 4. The second-order valence-corrected chi connectivity index (χ2v) is 7.47. The van der Waals surface area contributed by atoms with E-state index in [2.05, 4.69) is 37.0 Å². The van der Waals surface area contributed by atoms with Crippen LogP contribution >= 0.6 is 0 Å². The fourth-order valence-corrected chi connectivity index (χ4v) is 3.01. The molecule has 6 heteroatoms. The molecule has 1 aromatic heterocycles. The normalized spacial score (nSPS) is 18.4. The van der Waals surface area contributed by atoms with Crippen LogP contribution in [0.5, 0.6) is 0 Å². The number of rotatable bonds is 6. The monoisotopic (exact) mass is 372 g/mol. The van der Waals surface area contributed by atoms with E-state index >= 15 is 0 Å². The zero-order valence-electron chi connectivity index (χ0n) is 17.3. The first-order valence-electron chi connectivity index (χ1n) is 9.40. The van der Waals surface area contributed by atoms with Gasteiger partial charge in [-0.25, -0.2) is 0 Å². The Bertz CT molecular complexity index is 723. The quantitative estimate of drug-likeness (QED) is 0.417. The highest BCUT2D eigenvalue weighted by molar-refractivity contribution is 5.72. The molecule has 6 nitrogen and oxygen atoms in total. The Balaban J connectivity index is 2.12. The van der Waals surface area contributed by atoms with Gasteiger partial charge in [-0.05, 0) is 52.7 Å². The molecule has 0 amide bonds. The molecule has 1 aliphatic rings. The van der Waals surface area contributed by atoms with Crippen LogP contribution in [0.15, 0.2) is 53.6 Å². The van der Waals surface area contributed by atoms with Gasteiger partial charge in [0.15, 0.2) is 0 Å². The van der Waals surface area contributed by atoms with Crippen LogP contribution in [0.1, 0.15) is 53.2 Å². The summed E-state index contributed by atoms with van der Waals surface area (Å²) in [6.07, 6.45) is 13.8. The summed E-state index contributed by atoms with van der Waals surface area (Å²) in [4.78, 5) is 0. The molecule has 0 aliphatic heterocycles. The van der Waals surface area contributed by atoms with Crippen molar-refractivity contribution in [3.63, 3.8) is 0 Å². The van der Waals surface area contributed by atoms with E-state index in [0.29, 0.717) is 12.5 Å². The van der Waals surface area contributed by atoms with Gasteiger partial charge in [0.1, 0.15) is 18.4 Å². The summed E-state index contributed by atoms with van der Waals surface area (Å²) in [6, 6.07) is 2.02. The van der Waals surface area contributed by atoms with Crippen molar-refractivity contribution in [2.24, 2.45) is 5.10 Å². The van der Waals surface area contributed by atoms with Crippen molar-refractivity contribution in [1.82, 2.24) is 14.8 Å². The Kier molecular flexibility index (Phi) is 7.28. The first-order chi connectivity index (χ1) is 12.9. The summed E-state index contributed by atoms with van der Waals surface area (Å²) >= 11 is 0. The number of ether oxygens (including phenoxy) is 2. The lowest BCUT2D eigenvalue weighted by molar-refractivity contribution is 0.180. The van der Waals surface area contributed by atoms with Gasteiger partial charge in [0.25, 0.3) is 0 Å². The van der Waals surface area contributed by atoms with Crippen molar-refractivity contribution >= 4 is 5.90 Å². The smallest absolute Gasteiger partial charge is 0.203 e. The third kappa shape index (κ3) is 5.74. The van der Waals surface area contributed by atoms with Crippen LogP contribution in [0.2, 0.25) is 0 Å². The average Bonchev–Trinajstić information content (AvgIpc) is 2.97. The van der Waals surface area contributed by atoms with Crippen molar-refractivity contribution in [1.29, 1.82) is 0 Å². The summed E-state index contributed by atoms with van der Waals surface area (Å²) in [5.74, 6) is 1.49. The molecule has 0 spiro atoms. The number of hydrogen-bond donors (Lipinski definition) is 0. The van der Waals surface area contributed by atoms with E-state index in [4.69, 9.17) is 9.47 Å². The topological polar surface area (TPSA) is 51.9 Å². The Morgan fingerprint density at radius 2 is 2.22 bits per heavy atom. The van der Waals surface area contributed by atoms with E-state index in [0.717, 1.165) is 24.3 Å². The predicted octanol–water partition coefficient (Wildman–Crippen LogP) is 4.57. The fourth-order valence-electron chi connectivity index (χ4n) is 3.01. The standard InChI is InChI=1S/C21H32N4O2/c1-7-15-24(19-11-9-8-10-12-20(19)26-6)23-17(2)27-16-18-13-14-22-25(18)21(3,4)5/h7-8,10,12-15,19H,9,11,16H2,1-6H3/b15-7-,23-17+. The van der Waals surface area contributed by atoms with Crippen LogP contribution in [-0.4, -0.2) is 33.8 Å². The molecule has 0 bridgehead atoms. The lowest BCUT2D eigenvalue weighted by atomic mass is 10.1. The minimum absolute atomic E-state index is 0.0415. The third-order valence-electron chi connectivity index (χ3n) is 4.23. The molecule has 0 aromatic carbocycles. The second kappa shape index (κ2) is 9.44. The Morgan fingerprint density at radius 1 is 1.44 bits per heavy atom. The second-order valence-electron chi connectivity index (χ2n) is 7.47. The maximum absolute atomic E-state index is 5.93. The van der Waals surface area contributed by atoms with Crippen LogP contribution < -0.4 is 0 Å². The lowest BCUT2D eigenvalue weighted by Gasteiger charge is -2.27. The van der Waals surface area contributed by atoms with E-state index in [1.54, 1.807) is 13.3 Å². The van der Waals surface area contributed by atoms with Gasteiger partial charge in [-0.2, -0.15) is 5.10 Å². The van der Waals surface area contributed by atoms with Gasteiger partial charge in [0.05, 0.1) is 18.3 Å². The lowest BCUT2D eigenvalue weighted by Crippen LogP contribution is -2.30. The number of hydrazone groups is 1. The number of allylic oxidation sites excluding steroid dienone is 4. The van der Waals surface area contributed by atoms with Crippen LogP contribution in [-0.2, 0) is 21.6 Å². The third-order valence-corrected chi connectivity index (χ3v) is 4.23. The van der Waals surface area contributed by atoms with Crippen molar-refractivity contribution < 1.29 is 9.47 Å². The molecule has 2 rings (SSSR count). The number of methoxy groups -OCH3 is 1. The summed E-state index contributed by atoms with van der Waals surface area (Å²) < 4.78 is 13.5. The maximum Gasteiger partial charge on any atom is 0.203 e. The molecule has 0 saturated carbocycles. The molecule has 0 saturated heterocycles. The van der Waals surface area contributed by atoms with Crippen molar-refractivity contribution in [3.8, 4) is 0 Å². The van der Waals surface area contributed by atoms with Crippen LogP contribution in [0.25, 0.3) is 0 Å². The average molecular weight is 373 g/mol. The first-order valence-corrected chi connectivity index (χ1v) is 9.40. The largest absolute Gasteiger partial charge is 0.499 e. The Labute approximate surface area is 162 Å². The molecule has 1 atom stereocenters. The molecule has 0 fully saturated rings. The fraction of sp³-hybridized carbons (Fsp3) is 0.524. The number of hydrogen-bond acceptors (Lipinski definition) is 5. The molecular weight excluding hydrogens is 340 g/mol. The van der Waals surface area contributed by atoms with Gasteiger partial charge < -0.3 is 9.47 Å². The SMILES string of the molecule is C/C=C\N(/N=C(\C)OCc1ccnn1C(C)(C)C)C1CCC=CC=C1OC. The first kappa shape index (κ1) is 20.8. The predicted molar refractivity (Wildman–Crippen MR) is 109 cm³/mol. The van der Waals surface area contributed by atoms with Crippen molar-refractivity contribution in [2.75, 3.05) is 7.11 Å². The van der Waals surface area contributed by atoms with Crippen LogP contribution in [0.4, 0.5) is 0 Å². The zero-order valence-corrected chi connectivity index (χ0v) is 17.3. The zero-order chi connectivity index (χ0) is 19.9. The molecule has 0 N–H and O–H groups in total. The summed E-state index contributed by atoms with van der Waals surface area (Å²) in [6.45, 7) is 10.6. The molecule has 27 heavy (non-hydrogen) atoms. The molecule has 148 valence electrons. The van der Waals surface area contributed by atoms with E-state index < -0.39 is 0 Å². The summed E-state index contributed by atoms with van der Waals surface area (Å²) in [7, 11) is 1.70. The molecule has 1 unspecified atom stereocenters. The van der Waals surface area contributed by atoms with Gasteiger partial charge in [-0.15, -0.1) is 5.10 Å². The van der Waals surface area contributed by atoms with Gasteiger partial charge in [-0.1, -0.05) is 18.2 Å². The molecule has 1 heterocycles. The van der Waals surface area contributed by atoms with Crippen LogP contribution in [0.3, 0.4) is 0 Å². The maximum atomic E-state index is 5.93. The van der Waals surface area contributed by atoms with Crippen molar-refractivity contribution in [2.45, 2.75) is 65.6 Å². The van der Waals surface area contributed by atoms with Gasteiger partial charge in [0.2, 0.25) is 5.90 Å².